The number of carbonyl (C=O) groups is 2. The van der Waals surface area contributed by atoms with Crippen molar-refractivity contribution in [3.8, 4) is 0 Å². The van der Waals surface area contributed by atoms with Crippen molar-refractivity contribution < 1.29 is 31.2 Å². The molecule has 1 aliphatic heterocycles. The lowest BCUT2D eigenvalue weighted by atomic mass is 10.2. The molecule has 1 heterocycles. The zero-order chi connectivity index (χ0) is 24.2. The van der Waals surface area contributed by atoms with Crippen LogP contribution in [0.15, 0.2) is 66.1 Å². The highest BCUT2D eigenvalue weighted by Crippen LogP contribution is 2.32. The standard InChI is InChI=1S/C22H22F3N3O4S/c1-2-12-27(33(31,32)17-8-5-7-16(14-17)22(23,24)25)15-20(29)26-18-9-3-4-10-19(18)28-13-6-11-21(28)30/h2-5,7-10,14H,1,6,11-13,15H2,(H,26,29). The second kappa shape index (κ2) is 9.75. The van der Waals surface area contributed by atoms with E-state index in [0.29, 0.717) is 36.8 Å². The molecule has 0 radical (unpaired) electrons. The van der Waals surface area contributed by atoms with Crippen LogP contribution in [0, 0.1) is 0 Å². The van der Waals surface area contributed by atoms with E-state index in [2.05, 4.69) is 11.9 Å². The number of carbonyl (C=O) groups excluding carboxylic acids is 2. The van der Waals surface area contributed by atoms with Crippen molar-refractivity contribution in [2.45, 2.75) is 23.9 Å². The molecule has 33 heavy (non-hydrogen) atoms. The van der Waals surface area contributed by atoms with Crippen LogP contribution in [0.2, 0.25) is 0 Å². The molecular weight excluding hydrogens is 459 g/mol. The predicted molar refractivity (Wildman–Crippen MR) is 117 cm³/mol. The van der Waals surface area contributed by atoms with Crippen LogP contribution in [0.1, 0.15) is 18.4 Å². The van der Waals surface area contributed by atoms with Crippen LogP contribution < -0.4 is 10.2 Å². The summed E-state index contributed by atoms with van der Waals surface area (Å²) < 4.78 is 65.8. The Morgan fingerprint density at radius 2 is 1.91 bits per heavy atom. The van der Waals surface area contributed by atoms with E-state index < -0.39 is 39.1 Å². The number of rotatable bonds is 8. The maximum Gasteiger partial charge on any atom is 0.416 e. The fraction of sp³-hybridized carbons (Fsp3) is 0.273. The molecule has 1 N–H and O–H groups in total. The summed E-state index contributed by atoms with van der Waals surface area (Å²) in [4.78, 5) is 25.8. The molecule has 11 heteroatoms. The molecule has 2 aromatic carbocycles. The second-order valence-corrected chi connectivity index (χ2v) is 9.26. The Balaban J connectivity index is 1.83. The van der Waals surface area contributed by atoms with E-state index >= 15 is 0 Å². The number of benzene rings is 2. The largest absolute Gasteiger partial charge is 0.416 e. The van der Waals surface area contributed by atoms with E-state index in [1.54, 1.807) is 24.3 Å². The number of alkyl halides is 3. The summed E-state index contributed by atoms with van der Waals surface area (Å²) in [6.07, 6.45) is -2.41. The van der Waals surface area contributed by atoms with E-state index in [1.165, 1.54) is 11.0 Å². The quantitative estimate of drug-likeness (QED) is 0.584. The lowest BCUT2D eigenvalue weighted by molar-refractivity contribution is -0.137. The summed E-state index contributed by atoms with van der Waals surface area (Å²) >= 11 is 0. The molecule has 0 bridgehead atoms. The summed E-state index contributed by atoms with van der Waals surface area (Å²) in [5.74, 6) is -0.802. The molecule has 0 spiro atoms. The average molecular weight is 481 g/mol. The predicted octanol–water partition coefficient (Wildman–Crippen LogP) is 3.65. The normalized spacial score (nSPS) is 14.5. The Morgan fingerprint density at radius 3 is 2.55 bits per heavy atom. The summed E-state index contributed by atoms with van der Waals surface area (Å²) in [5, 5.41) is 2.60. The van der Waals surface area contributed by atoms with Gasteiger partial charge in [0, 0.05) is 19.5 Å². The molecule has 2 aromatic rings. The fourth-order valence-electron chi connectivity index (χ4n) is 3.44. The van der Waals surface area contributed by atoms with Crippen LogP contribution in [0.4, 0.5) is 24.5 Å². The van der Waals surface area contributed by atoms with Gasteiger partial charge < -0.3 is 10.2 Å². The Kier molecular flexibility index (Phi) is 7.23. The number of hydrogen-bond acceptors (Lipinski definition) is 4. The number of para-hydroxylation sites is 2. The number of sulfonamides is 1. The molecule has 3 rings (SSSR count). The third-order valence-corrected chi connectivity index (χ3v) is 6.80. The van der Waals surface area contributed by atoms with Gasteiger partial charge in [0.25, 0.3) is 0 Å². The first-order chi connectivity index (χ1) is 15.5. The van der Waals surface area contributed by atoms with Gasteiger partial charge in [0.05, 0.1) is 28.4 Å². The van der Waals surface area contributed by atoms with Crippen molar-refractivity contribution in [2.24, 2.45) is 0 Å². The van der Waals surface area contributed by atoms with Crippen molar-refractivity contribution in [2.75, 3.05) is 29.9 Å². The van der Waals surface area contributed by atoms with Crippen LogP contribution in [-0.4, -0.2) is 44.2 Å². The summed E-state index contributed by atoms with van der Waals surface area (Å²) in [6.45, 7) is 3.01. The molecular formula is C22H22F3N3O4S. The Bertz CT molecular complexity index is 1170. The summed E-state index contributed by atoms with van der Waals surface area (Å²) in [5.41, 5.74) is -0.298. The molecule has 176 valence electrons. The van der Waals surface area contributed by atoms with E-state index in [0.717, 1.165) is 22.5 Å². The van der Waals surface area contributed by atoms with Gasteiger partial charge in [-0.05, 0) is 36.8 Å². The van der Waals surface area contributed by atoms with Crippen molar-refractivity contribution in [1.29, 1.82) is 0 Å². The number of anilines is 2. The monoisotopic (exact) mass is 481 g/mol. The van der Waals surface area contributed by atoms with Gasteiger partial charge in [0.2, 0.25) is 21.8 Å². The zero-order valence-corrected chi connectivity index (χ0v) is 18.3. The van der Waals surface area contributed by atoms with Crippen LogP contribution in [-0.2, 0) is 25.8 Å². The summed E-state index contributed by atoms with van der Waals surface area (Å²) in [7, 11) is -4.43. The smallest absolute Gasteiger partial charge is 0.323 e. The van der Waals surface area contributed by atoms with Gasteiger partial charge in [-0.15, -0.1) is 6.58 Å². The minimum absolute atomic E-state index is 0.0860. The number of nitrogens with zero attached hydrogens (tertiary/aromatic N) is 2. The number of hydrogen-bond donors (Lipinski definition) is 1. The SMILES string of the molecule is C=CCN(CC(=O)Nc1ccccc1N1CCCC1=O)S(=O)(=O)c1cccc(C(F)(F)F)c1. The van der Waals surface area contributed by atoms with Crippen LogP contribution in [0.25, 0.3) is 0 Å². The van der Waals surface area contributed by atoms with Gasteiger partial charge in [-0.2, -0.15) is 17.5 Å². The van der Waals surface area contributed by atoms with E-state index in [1.807, 2.05) is 0 Å². The van der Waals surface area contributed by atoms with E-state index in [-0.39, 0.29) is 12.5 Å². The fourth-order valence-corrected chi connectivity index (χ4v) is 4.85. The van der Waals surface area contributed by atoms with Crippen molar-refractivity contribution in [1.82, 2.24) is 4.31 Å². The molecule has 0 unspecified atom stereocenters. The Labute approximate surface area is 189 Å². The first-order valence-electron chi connectivity index (χ1n) is 10.0. The van der Waals surface area contributed by atoms with E-state index in [9.17, 15) is 31.2 Å². The Hall–Kier alpha value is -3.18. The average Bonchev–Trinajstić information content (AvgIpc) is 3.19. The maximum absolute atomic E-state index is 13.0. The number of halogens is 3. The van der Waals surface area contributed by atoms with Gasteiger partial charge in [0.15, 0.2) is 0 Å². The Morgan fingerprint density at radius 1 is 1.18 bits per heavy atom. The molecule has 0 aromatic heterocycles. The number of nitrogens with one attached hydrogen (secondary N) is 1. The minimum atomic E-state index is -4.72. The van der Waals surface area contributed by atoms with Crippen molar-refractivity contribution >= 4 is 33.2 Å². The zero-order valence-electron chi connectivity index (χ0n) is 17.5. The molecule has 2 amide bonds. The third kappa shape index (κ3) is 5.60. The lowest BCUT2D eigenvalue weighted by Crippen LogP contribution is -2.38. The molecule has 1 saturated heterocycles. The molecule has 0 aliphatic carbocycles. The highest BCUT2D eigenvalue weighted by molar-refractivity contribution is 7.89. The van der Waals surface area contributed by atoms with Gasteiger partial charge in [-0.3, -0.25) is 9.59 Å². The van der Waals surface area contributed by atoms with Gasteiger partial charge in [-0.1, -0.05) is 24.3 Å². The maximum atomic E-state index is 13.0. The van der Waals surface area contributed by atoms with Gasteiger partial charge in [-0.25, -0.2) is 8.42 Å². The minimum Gasteiger partial charge on any atom is -0.323 e. The lowest BCUT2D eigenvalue weighted by Gasteiger charge is -2.23. The van der Waals surface area contributed by atoms with Crippen LogP contribution >= 0.6 is 0 Å². The van der Waals surface area contributed by atoms with Crippen molar-refractivity contribution in [3.63, 3.8) is 0 Å². The molecule has 0 saturated carbocycles. The highest BCUT2D eigenvalue weighted by atomic mass is 32.2. The topological polar surface area (TPSA) is 86.8 Å². The molecule has 1 fully saturated rings. The molecule has 7 nitrogen and oxygen atoms in total. The summed E-state index contributed by atoms with van der Waals surface area (Å²) in [6, 6.07) is 9.92. The van der Waals surface area contributed by atoms with Gasteiger partial charge >= 0.3 is 6.18 Å². The second-order valence-electron chi connectivity index (χ2n) is 7.33. The third-order valence-electron chi connectivity index (χ3n) is 4.99. The van der Waals surface area contributed by atoms with Gasteiger partial charge in [0.1, 0.15) is 0 Å². The van der Waals surface area contributed by atoms with E-state index in [4.69, 9.17) is 0 Å². The first-order valence-corrected chi connectivity index (χ1v) is 11.5. The molecule has 1 aliphatic rings. The van der Waals surface area contributed by atoms with Crippen molar-refractivity contribution in [3.05, 3.63) is 66.7 Å². The van der Waals surface area contributed by atoms with Crippen LogP contribution in [0.3, 0.4) is 0 Å². The highest BCUT2D eigenvalue weighted by Gasteiger charge is 2.33. The number of amides is 2. The van der Waals surface area contributed by atoms with Crippen LogP contribution in [0.5, 0.6) is 0 Å². The molecule has 0 atom stereocenters. The first kappa shape index (κ1) is 24.5.